The Morgan fingerprint density at radius 3 is 2.63 bits per heavy atom. The van der Waals surface area contributed by atoms with E-state index >= 15 is 4.39 Å². The van der Waals surface area contributed by atoms with Crippen LogP contribution in [0.3, 0.4) is 0 Å². The number of carbonyl (C=O) groups excluding carboxylic acids is 3. The fourth-order valence-electron chi connectivity index (χ4n) is 6.02. The van der Waals surface area contributed by atoms with Gasteiger partial charge in [0.05, 0.1) is 55.5 Å². The molecule has 1 saturated carbocycles. The summed E-state index contributed by atoms with van der Waals surface area (Å²) in [6.07, 6.45) is 2.03. The predicted molar refractivity (Wildman–Crippen MR) is 150 cm³/mol. The number of likely N-dealkylation sites (tertiary alicyclic amines) is 1. The first-order valence-corrected chi connectivity index (χ1v) is 14.4. The Bertz CT molecular complexity index is 1300. The van der Waals surface area contributed by atoms with Crippen LogP contribution in [-0.2, 0) is 31.9 Å². The normalized spacial score (nSPS) is 23.8. The maximum Gasteiger partial charge on any atom is 0.326 e. The van der Waals surface area contributed by atoms with Crippen molar-refractivity contribution >= 4 is 40.9 Å². The van der Waals surface area contributed by atoms with Crippen LogP contribution in [-0.4, -0.2) is 67.9 Å². The van der Waals surface area contributed by atoms with E-state index < -0.39 is 30.0 Å². The zero-order valence-electron chi connectivity index (χ0n) is 22.9. The van der Waals surface area contributed by atoms with Crippen LogP contribution in [0.2, 0.25) is 5.02 Å². The average Bonchev–Trinajstić information content (AvgIpc) is 3.57. The molecule has 0 unspecified atom stereocenters. The highest BCUT2D eigenvalue weighted by atomic mass is 35.5. The molecule has 3 aliphatic rings. The minimum Gasteiger partial charge on any atom is -0.469 e. The van der Waals surface area contributed by atoms with Crippen LogP contribution in [0.25, 0.3) is 0 Å². The monoisotopic (exact) mass is 589 g/mol. The van der Waals surface area contributed by atoms with Gasteiger partial charge in [-0.1, -0.05) is 29.8 Å². The first kappa shape index (κ1) is 29.3. The molecule has 0 radical (unpaired) electrons. The highest BCUT2D eigenvalue weighted by molar-refractivity contribution is 6.34. The number of nitrogens with one attached hydrogen (secondary N) is 1. The molecule has 1 N–H and O–H groups in total. The van der Waals surface area contributed by atoms with Gasteiger partial charge in [-0.25, -0.2) is 13.6 Å². The van der Waals surface area contributed by atoms with Gasteiger partial charge in [-0.3, -0.25) is 14.5 Å². The first-order valence-electron chi connectivity index (χ1n) is 14.0. The average molecular weight is 590 g/mol. The molecule has 220 valence electrons. The summed E-state index contributed by atoms with van der Waals surface area (Å²) in [7, 11) is 1.38. The third kappa shape index (κ3) is 6.64. The lowest BCUT2D eigenvalue weighted by Crippen LogP contribution is -2.40. The summed E-state index contributed by atoms with van der Waals surface area (Å²) in [4.78, 5) is 40.8. The van der Waals surface area contributed by atoms with Crippen LogP contribution in [0.15, 0.2) is 36.4 Å². The second kappa shape index (κ2) is 12.7. The molecular formula is C30H34ClF2N3O5. The van der Waals surface area contributed by atoms with Gasteiger partial charge in [0.2, 0.25) is 5.91 Å². The molecule has 11 heteroatoms. The Hall–Kier alpha value is -3.24. The molecule has 2 heterocycles. The van der Waals surface area contributed by atoms with Gasteiger partial charge < -0.3 is 19.7 Å². The molecule has 1 saturated heterocycles. The van der Waals surface area contributed by atoms with Gasteiger partial charge in [0.25, 0.3) is 0 Å². The Labute approximate surface area is 242 Å². The number of alkyl halides is 1. The predicted octanol–water partition coefficient (Wildman–Crippen LogP) is 5.30. The third-order valence-electron chi connectivity index (χ3n) is 8.27. The lowest BCUT2D eigenvalue weighted by atomic mass is 9.87. The number of anilines is 2. The largest absolute Gasteiger partial charge is 0.469 e. The Balaban J connectivity index is 1.17. The molecule has 8 nitrogen and oxygen atoms in total. The number of methoxy groups -OCH3 is 1. The second-order valence-corrected chi connectivity index (χ2v) is 11.3. The number of halogens is 3. The number of hydrogen-bond acceptors (Lipinski definition) is 5. The molecule has 0 bridgehead atoms. The van der Waals surface area contributed by atoms with Crippen molar-refractivity contribution in [3.63, 3.8) is 0 Å². The number of rotatable bonds is 7. The van der Waals surface area contributed by atoms with Gasteiger partial charge in [0, 0.05) is 18.7 Å². The molecule has 2 aromatic carbocycles. The number of ether oxygens (including phenoxy) is 2. The summed E-state index contributed by atoms with van der Waals surface area (Å²) in [6.45, 7) is 0.596. The number of nitrogens with zero attached hydrogens (tertiary/aromatic N) is 2. The molecule has 3 amide bonds. The van der Waals surface area contributed by atoms with Gasteiger partial charge in [-0.2, -0.15) is 0 Å². The number of fused-ring (bicyclic) bond motifs is 1. The Morgan fingerprint density at radius 2 is 1.88 bits per heavy atom. The van der Waals surface area contributed by atoms with Crippen LogP contribution in [0, 0.1) is 11.7 Å². The van der Waals surface area contributed by atoms with Gasteiger partial charge in [0.1, 0.15) is 12.0 Å². The van der Waals surface area contributed by atoms with E-state index in [2.05, 4.69) is 5.32 Å². The lowest BCUT2D eigenvalue weighted by Gasteiger charge is -2.30. The molecule has 1 aliphatic carbocycles. The van der Waals surface area contributed by atoms with Crippen LogP contribution >= 0.6 is 11.6 Å². The van der Waals surface area contributed by atoms with Crippen LogP contribution < -0.4 is 10.2 Å². The fraction of sp³-hybridized carbons (Fsp3) is 0.500. The van der Waals surface area contributed by atoms with Gasteiger partial charge in [-0.05, 0) is 61.4 Å². The van der Waals surface area contributed by atoms with E-state index in [-0.39, 0.29) is 60.3 Å². The van der Waals surface area contributed by atoms with Crippen molar-refractivity contribution in [1.82, 2.24) is 4.90 Å². The molecule has 5 rings (SSSR count). The number of hydrogen-bond donors (Lipinski definition) is 1. The van der Waals surface area contributed by atoms with Crippen molar-refractivity contribution < 1.29 is 32.6 Å². The smallest absolute Gasteiger partial charge is 0.326 e. The van der Waals surface area contributed by atoms with Crippen molar-refractivity contribution in [1.29, 1.82) is 0 Å². The fourth-order valence-corrected chi connectivity index (χ4v) is 6.25. The van der Waals surface area contributed by atoms with E-state index in [1.807, 2.05) is 24.3 Å². The molecule has 2 atom stereocenters. The molecule has 41 heavy (non-hydrogen) atoms. The van der Waals surface area contributed by atoms with Crippen molar-refractivity contribution in [2.45, 2.75) is 63.3 Å². The summed E-state index contributed by atoms with van der Waals surface area (Å²) in [6, 6.07) is 9.13. The summed E-state index contributed by atoms with van der Waals surface area (Å²) in [5, 5.41) is 2.77. The SMILES string of the molecule is COC(=O)[C@H]1CC[C@H](OC[C@@H]2C[C@H](F)CN2C(=O)Cc2cc(Cl)c(NC(=O)N3CCc4ccccc43)cc2F)CC1. The summed E-state index contributed by atoms with van der Waals surface area (Å²) >= 11 is 6.39. The summed E-state index contributed by atoms with van der Waals surface area (Å²) < 4.78 is 40.3. The summed E-state index contributed by atoms with van der Waals surface area (Å²) in [5.41, 5.74) is 2.02. The van der Waals surface area contributed by atoms with Crippen molar-refractivity contribution in [2.24, 2.45) is 5.92 Å². The zero-order valence-corrected chi connectivity index (χ0v) is 23.7. The molecule has 2 fully saturated rings. The first-order chi connectivity index (χ1) is 19.7. The van der Waals surface area contributed by atoms with Crippen LogP contribution in [0.4, 0.5) is 25.0 Å². The van der Waals surface area contributed by atoms with E-state index in [1.165, 1.54) is 18.1 Å². The van der Waals surface area contributed by atoms with E-state index in [4.69, 9.17) is 21.1 Å². The minimum absolute atomic E-state index is 0.0626. The maximum absolute atomic E-state index is 15.1. The second-order valence-electron chi connectivity index (χ2n) is 10.9. The van der Waals surface area contributed by atoms with Gasteiger partial charge in [-0.15, -0.1) is 0 Å². The Kier molecular flexibility index (Phi) is 9.09. The molecule has 2 aliphatic heterocycles. The van der Waals surface area contributed by atoms with Crippen LogP contribution in [0.5, 0.6) is 0 Å². The molecule has 0 aromatic heterocycles. The zero-order chi connectivity index (χ0) is 29.1. The number of carbonyl (C=O) groups is 3. The number of esters is 1. The number of urea groups is 1. The minimum atomic E-state index is -1.19. The topological polar surface area (TPSA) is 88.2 Å². The van der Waals surface area contributed by atoms with Crippen LogP contribution in [0.1, 0.15) is 43.2 Å². The molecular weight excluding hydrogens is 556 g/mol. The van der Waals surface area contributed by atoms with Crippen molar-refractivity contribution in [3.8, 4) is 0 Å². The highest BCUT2D eigenvalue weighted by Crippen LogP contribution is 2.32. The number of para-hydroxylation sites is 1. The van der Waals surface area contributed by atoms with Gasteiger partial charge >= 0.3 is 12.0 Å². The number of benzene rings is 2. The highest BCUT2D eigenvalue weighted by Gasteiger charge is 2.37. The number of amides is 3. The van der Waals surface area contributed by atoms with E-state index in [9.17, 15) is 18.8 Å². The molecule has 0 spiro atoms. The Morgan fingerprint density at radius 1 is 1.12 bits per heavy atom. The molecule has 2 aromatic rings. The summed E-state index contributed by atoms with van der Waals surface area (Å²) in [5.74, 6) is -1.45. The van der Waals surface area contributed by atoms with E-state index in [0.717, 1.165) is 23.7 Å². The van der Waals surface area contributed by atoms with E-state index in [1.54, 1.807) is 4.90 Å². The maximum atomic E-state index is 15.1. The lowest BCUT2D eigenvalue weighted by molar-refractivity contribution is -0.148. The van der Waals surface area contributed by atoms with Gasteiger partial charge in [0.15, 0.2) is 0 Å². The van der Waals surface area contributed by atoms with E-state index in [0.29, 0.717) is 32.2 Å². The quantitative estimate of drug-likeness (QED) is 0.443. The van der Waals surface area contributed by atoms with Crippen molar-refractivity contribution in [3.05, 3.63) is 58.4 Å². The standard InChI is InChI=1S/C30H34ClF2N3O5/c1-40-29(38)19-6-8-23(9-7-19)41-17-22-14-21(32)16-36(22)28(37)13-20-12-24(31)26(15-25(20)33)34-30(39)35-11-10-18-4-2-3-5-27(18)35/h2-5,12,15,19,21-23H,6-11,13-14,16-17H2,1H3,(H,34,39)/t19-,21-,22-,23-/m0/s1. The third-order valence-corrected chi connectivity index (χ3v) is 8.58. The van der Waals surface area contributed by atoms with Crippen molar-refractivity contribution in [2.75, 3.05) is 37.0 Å².